The summed E-state index contributed by atoms with van der Waals surface area (Å²) in [6.45, 7) is 0. The van der Waals surface area contributed by atoms with Gasteiger partial charge in [0.1, 0.15) is 5.84 Å². The van der Waals surface area contributed by atoms with Crippen LogP contribution < -0.4 is 5.73 Å². The predicted molar refractivity (Wildman–Crippen MR) is 74.9 cm³/mol. The Morgan fingerprint density at radius 1 is 1.06 bits per heavy atom. The molecule has 0 bridgehead atoms. The number of aliphatic imine (C=N–C) groups is 1. The Morgan fingerprint density at radius 2 is 1.83 bits per heavy atom. The van der Waals surface area contributed by atoms with Gasteiger partial charge in [0.15, 0.2) is 5.82 Å². The van der Waals surface area contributed by atoms with Crippen molar-refractivity contribution >= 4 is 11.7 Å². The Hall–Kier alpha value is -2.16. The molecule has 0 amide bonds. The molecule has 2 rings (SSSR count). The van der Waals surface area contributed by atoms with Crippen LogP contribution >= 0.6 is 0 Å². The van der Waals surface area contributed by atoms with Crippen molar-refractivity contribution in [2.75, 3.05) is 0 Å². The number of nitrogens with two attached hydrogens (primary N) is 1. The number of benzene rings is 1. The molecule has 1 aromatic heterocycles. The van der Waals surface area contributed by atoms with Crippen LogP contribution in [-0.4, -0.2) is 10.8 Å². The van der Waals surface area contributed by atoms with Crippen LogP contribution in [0.5, 0.6) is 0 Å². The monoisotopic (exact) mass is 239 g/mol. The maximum Gasteiger partial charge on any atom is 0.153 e. The van der Waals surface area contributed by atoms with E-state index in [1.165, 1.54) is 5.56 Å². The number of amidine groups is 1. The largest absolute Gasteiger partial charge is 0.387 e. The fourth-order valence-corrected chi connectivity index (χ4v) is 1.74. The molecule has 0 unspecified atom stereocenters. The molecule has 0 aliphatic carbocycles. The Bertz CT molecular complexity index is 492. The minimum atomic E-state index is 0.643. The molecule has 2 aromatic rings. The summed E-state index contributed by atoms with van der Waals surface area (Å²) in [5.74, 6) is 1.32. The van der Waals surface area contributed by atoms with E-state index < -0.39 is 0 Å². The normalized spacial score (nSPS) is 11.4. The Labute approximate surface area is 107 Å². The molecule has 0 atom stereocenters. The SMILES string of the molecule is N/C(CCCc1ccccc1)=N/c1ccccn1. The van der Waals surface area contributed by atoms with Gasteiger partial charge < -0.3 is 5.73 Å². The van der Waals surface area contributed by atoms with Gasteiger partial charge in [0.05, 0.1) is 0 Å². The molecule has 92 valence electrons. The molecule has 0 saturated carbocycles. The summed E-state index contributed by atoms with van der Waals surface area (Å²) in [6, 6.07) is 16.0. The summed E-state index contributed by atoms with van der Waals surface area (Å²) in [5, 5.41) is 0. The summed E-state index contributed by atoms with van der Waals surface area (Å²) in [7, 11) is 0. The molecule has 3 heteroatoms. The van der Waals surface area contributed by atoms with Crippen molar-refractivity contribution in [1.29, 1.82) is 0 Å². The minimum absolute atomic E-state index is 0.643. The number of aromatic nitrogens is 1. The summed E-state index contributed by atoms with van der Waals surface area (Å²) in [5.41, 5.74) is 7.22. The molecule has 18 heavy (non-hydrogen) atoms. The Kier molecular flexibility index (Phi) is 4.47. The fraction of sp³-hybridized carbons (Fsp3) is 0.200. The molecule has 0 radical (unpaired) electrons. The quantitative estimate of drug-likeness (QED) is 0.644. The predicted octanol–water partition coefficient (Wildman–Crippen LogP) is 3.09. The second-order valence-corrected chi connectivity index (χ2v) is 4.13. The number of hydrogen-bond donors (Lipinski definition) is 1. The number of rotatable bonds is 5. The van der Waals surface area contributed by atoms with Crippen molar-refractivity contribution in [2.24, 2.45) is 10.7 Å². The molecule has 2 N–H and O–H groups in total. The van der Waals surface area contributed by atoms with Crippen molar-refractivity contribution in [1.82, 2.24) is 4.98 Å². The van der Waals surface area contributed by atoms with Crippen molar-refractivity contribution in [3.05, 3.63) is 60.3 Å². The second-order valence-electron chi connectivity index (χ2n) is 4.13. The average Bonchev–Trinajstić information content (AvgIpc) is 2.41. The van der Waals surface area contributed by atoms with E-state index in [0.717, 1.165) is 19.3 Å². The van der Waals surface area contributed by atoms with Gasteiger partial charge in [-0.3, -0.25) is 0 Å². The van der Waals surface area contributed by atoms with Crippen LogP contribution in [0.1, 0.15) is 18.4 Å². The smallest absolute Gasteiger partial charge is 0.153 e. The van der Waals surface area contributed by atoms with Gasteiger partial charge >= 0.3 is 0 Å². The van der Waals surface area contributed by atoms with E-state index in [2.05, 4.69) is 34.2 Å². The number of hydrogen-bond acceptors (Lipinski definition) is 2. The summed E-state index contributed by atoms with van der Waals surface area (Å²) in [6.07, 6.45) is 4.55. The van der Waals surface area contributed by atoms with Crippen molar-refractivity contribution in [3.63, 3.8) is 0 Å². The van der Waals surface area contributed by atoms with Crippen molar-refractivity contribution < 1.29 is 0 Å². The van der Waals surface area contributed by atoms with Gasteiger partial charge in [-0.15, -0.1) is 0 Å². The fourth-order valence-electron chi connectivity index (χ4n) is 1.74. The zero-order valence-electron chi connectivity index (χ0n) is 10.3. The van der Waals surface area contributed by atoms with Crippen LogP contribution in [0.15, 0.2) is 59.7 Å². The van der Waals surface area contributed by atoms with Gasteiger partial charge in [-0.2, -0.15) is 0 Å². The molecule has 0 spiro atoms. The van der Waals surface area contributed by atoms with Crippen LogP contribution in [-0.2, 0) is 6.42 Å². The molecule has 0 aliphatic heterocycles. The number of aryl methyl sites for hydroxylation is 1. The molecule has 0 aliphatic rings. The molecule has 0 saturated heterocycles. The first-order valence-electron chi connectivity index (χ1n) is 6.12. The third kappa shape index (κ3) is 4.01. The van der Waals surface area contributed by atoms with Crippen LogP contribution in [0, 0.1) is 0 Å². The highest BCUT2D eigenvalue weighted by Gasteiger charge is 1.96. The lowest BCUT2D eigenvalue weighted by Crippen LogP contribution is -2.11. The first-order chi connectivity index (χ1) is 8.84. The van der Waals surface area contributed by atoms with Crippen LogP contribution in [0.4, 0.5) is 5.82 Å². The third-order valence-corrected chi connectivity index (χ3v) is 2.65. The highest BCUT2D eigenvalue weighted by molar-refractivity contribution is 5.82. The highest BCUT2D eigenvalue weighted by atomic mass is 14.9. The van der Waals surface area contributed by atoms with E-state index >= 15 is 0 Å². The molecule has 3 nitrogen and oxygen atoms in total. The van der Waals surface area contributed by atoms with E-state index in [9.17, 15) is 0 Å². The van der Waals surface area contributed by atoms with Gasteiger partial charge in [-0.25, -0.2) is 9.98 Å². The standard InChI is InChI=1S/C15H17N3/c16-14(18-15-11-4-5-12-17-15)10-6-9-13-7-2-1-3-8-13/h1-5,7-8,11-12H,6,9-10H2,(H2,16,17,18). The van der Waals surface area contributed by atoms with Crippen LogP contribution in [0.2, 0.25) is 0 Å². The van der Waals surface area contributed by atoms with Crippen molar-refractivity contribution in [2.45, 2.75) is 19.3 Å². The van der Waals surface area contributed by atoms with Crippen molar-refractivity contribution in [3.8, 4) is 0 Å². The van der Waals surface area contributed by atoms with E-state index in [1.54, 1.807) is 6.20 Å². The summed E-state index contributed by atoms with van der Waals surface area (Å²) >= 11 is 0. The van der Waals surface area contributed by atoms with Gasteiger partial charge in [-0.05, 0) is 30.5 Å². The molecule has 1 aromatic carbocycles. The van der Waals surface area contributed by atoms with Crippen LogP contribution in [0.25, 0.3) is 0 Å². The third-order valence-electron chi connectivity index (χ3n) is 2.65. The zero-order chi connectivity index (χ0) is 12.6. The van der Waals surface area contributed by atoms with Gasteiger partial charge in [0.25, 0.3) is 0 Å². The lowest BCUT2D eigenvalue weighted by Gasteiger charge is -2.01. The number of pyridine rings is 1. The van der Waals surface area contributed by atoms with E-state index in [1.807, 2.05) is 24.3 Å². The van der Waals surface area contributed by atoms with E-state index in [0.29, 0.717) is 11.7 Å². The average molecular weight is 239 g/mol. The topological polar surface area (TPSA) is 51.3 Å². The maximum absolute atomic E-state index is 5.88. The Morgan fingerprint density at radius 3 is 2.56 bits per heavy atom. The molecule has 0 fully saturated rings. The van der Waals surface area contributed by atoms with Crippen LogP contribution in [0.3, 0.4) is 0 Å². The maximum atomic E-state index is 5.88. The second kappa shape index (κ2) is 6.55. The molecule has 1 heterocycles. The lowest BCUT2D eigenvalue weighted by atomic mass is 10.1. The summed E-state index contributed by atoms with van der Waals surface area (Å²) in [4.78, 5) is 8.39. The van der Waals surface area contributed by atoms with Gasteiger partial charge in [0, 0.05) is 12.6 Å². The minimum Gasteiger partial charge on any atom is -0.387 e. The first kappa shape index (κ1) is 12.3. The van der Waals surface area contributed by atoms with Gasteiger partial charge in [0.2, 0.25) is 0 Å². The number of nitrogens with zero attached hydrogens (tertiary/aromatic N) is 2. The van der Waals surface area contributed by atoms with Gasteiger partial charge in [-0.1, -0.05) is 36.4 Å². The first-order valence-corrected chi connectivity index (χ1v) is 6.12. The molecular formula is C15H17N3. The zero-order valence-corrected chi connectivity index (χ0v) is 10.3. The summed E-state index contributed by atoms with van der Waals surface area (Å²) < 4.78 is 0. The molecular weight excluding hydrogens is 222 g/mol. The lowest BCUT2D eigenvalue weighted by molar-refractivity contribution is 0.860. The van der Waals surface area contributed by atoms with E-state index in [4.69, 9.17) is 5.73 Å². The highest BCUT2D eigenvalue weighted by Crippen LogP contribution is 2.08. The van der Waals surface area contributed by atoms with E-state index in [-0.39, 0.29) is 0 Å². The Balaban J connectivity index is 1.82.